The summed E-state index contributed by atoms with van der Waals surface area (Å²) in [4.78, 5) is 5.70. The first kappa shape index (κ1) is 18.6. The van der Waals surface area contributed by atoms with Crippen molar-refractivity contribution >= 4 is 16.5 Å². The lowest BCUT2D eigenvalue weighted by molar-refractivity contribution is 0.259. The van der Waals surface area contributed by atoms with Gasteiger partial charge in [0.1, 0.15) is 5.75 Å². The molecule has 0 amide bonds. The third kappa shape index (κ3) is 3.86. The molecule has 1 aliphatic rings. The molecule has 30 heavy (non-hydrogen) atoms. The molecule has 0 aliphatic carbocycles. The van der Waals surface area contributed by atoms with Crippen molar-refractivity contribution in [3.05, 3.63) is 83.7 Å². The van der Waals surface area contributed by atoms with Crippen LogP contribution in [0.5, 0.6) is 5.75 Å². The lowest BCUT2D eigenvalue weighted by Crippen LogP contribution is -2.28. The maximum absolute atomic E-state index is 5.87. The van der Waals surface area contributed by atoms with E-state index in [2.05, 4.69) is 56.6 Å². The molecule has 0 spiro atoms. The fourth-order valence-corrected chi connectivity index (χ4v) is 3.98. The summed E-state index contributed by atoms with van der Waals surface area (Å²) in [5.74, 6) is 2.22. The standard InChI is InChI=1S/C24H24N4O2/c1-29-19-7-8-22-20(14-19)21(15-25-22)18-9-11-28(12-10-18)16-24-27-26-23(30-24)13-17-5-3-2-4-6-17/h2-9,14-15,25H,10-13,16H2,1H3. The number of methoxy groups -OCH3 is 1. The molecule has 2 aromatic carbocycles. The van der Waals surface area contributed by atoms with Gasteiger partial charge in [-0.25, -0.2) is 0 Å². The van der Waals surface area contributed by atoms with Crippen LogP contribution in [-0.2, 0) is 13.0 Å². The second-order valence-corrected chi connectivity index (χ2v) is 7.58. The topological polar surface area (TPSA) is 67.2 Å². The summed E-state index contributed by atoms with van der Waals surface area (Å²) in [6.45, 7) is 2.49. The van der Waals surface area contributed by atoms with Crippen molar-refractivity contribution in [2.75, 3.05) is 20.2 Å². The summed E-state index contributed by atoms with van der Waals surface area (Å²) < 4.78 is 11.3. The van der Waals surface area contributed by atoms with Crippen LogP contribution in [0, 0.1) is 0 Å². The minimum atomic E-state index is 0.664. The van der Waals surface area contributed by atoms with Gasteiger partial charge in [-0.3, -0.25) is 4.90 Å². The molecule has 6 nitrogen and oxygen atoms in total. The zero-order valence-corrected chi connectivity index (χ0v) is 17.0. The molecule has 0 radical (unpaired) electrons. The Hall–Kier alpha value is -3.38. The number of nitrogens with zero attached hydrogens (tertiary/aromatic N) is 3. The van der Waals surface area contributed by atoms with Crippen LogP contribution in [0.4, 0.5) is 0 Å². The van der Waals surface area contributed by atoms with Crippen molar-refractivity contribution in [3.8, 4) is 5.75 Å². The average molecular weight is 400 g/mol. The van der Waals surface area contributed by atoms with Crippen LogP contribution in [0.25, 0.3) is 16.5 Å². The monoisotopic (exact) mass is 400 g/mol. The van der Waals surface area contributed by atoms with Crippen LogP contribution in [-0.4, -0.2) is 40.3 Å². The predicted molar refractivity (Wildman–Crippen MR) is 116 cm³/mol. The second-order valence-electron chi connectivity index (χ2n) is 7.58. The van der Waals surface area contributed by atoms with E-state index in [1.54, 1.807) is 7.11 Å². The highest BCUT2D eigenvalue weighted by molar-refractivity contribution is 5.93. The van der Waals surface area contributed by atoms with E-state index < -0.39 is 0 Å². The molecule has 0 atom stereocenters. The average Bonchev–Trinajstić information content (AvgIpc) is 3.41. The van der Waals surface area contributed by atoms with Gasteiger partial charge in [-0.2, -0.15) is 0 Å². The molecule has 0 saturated carbocycles. The second kappa shape index (κ2) is 8.16. The summed E-state index contributed by atoms with van der Waals surface area (Å²) in [7, 11) is 1.70. The van der Waals surface area contributed by atoms with E-state index in [9.17, 15) is 0 Å². The lowest BCUT2D eigenvalue weighted by atomic mass is 9.99. The number of hydrogen-bond donors (Lipinski definition) is 1. The Labute approximate surface area is 175 Å². The van der Waals surface area contributed by atoms with E-state index in [1.165, 1.54) is 22.1 Å². The van der Waals surface area contributed by atoms with Crippen LogP contribution in [0.3, 0.4) is 0 Å². The number of benzene rings is 2. The number of aromatic nitrogens is 3. The number of ether oxygens (including phenoxy) is 1. The molecular formula is C24H24N4O2. The van der Waals surface area contributed by atoms with Crippen molar-refractivity contribution in [2.45, 2.75) is 19.4 Å². The number of nitrogens with one attached hydrogen (secondary N) is 1. The van der Waals surface area contributed by atoms with Crippen LogP contribution in [0.1, 0.15) is 29.3 Å². The van der Waals surface area contributed by atoms with Gasteiger partial charge in [0.2, 0.25) is 11.8 Å². The molecule has 0 fully saturated rings. The van der Waals surface area contributed by atoms with Crippen LogP contribution < -0.4 is 4.74 Å². The third-order valence-corrected chi connectivity index (χ3v) is 5.59. The number of rotatable bonds is 6. The van der Waals surface area contributed by atoms with Crippen molar-refractivity contribution in [1.29, 1.82) is 0 Å². The molecule has 0 saturated heterocycles. The van der Waals surface area contributed by atoms with Gasteiger partial charge in [-0.1, -0.05) is 36.4 Å². The van der Waals surface area contributed by atoms with Gasteiger partial charge >= 0.3 is 0 Å². The van der Waals surface area contributed by atoms with Gasteiger partial charge < -0.3 is 14.1 Å². The first-order valence-corrected chi connectivity index (χ1v) is 10.2. The first-order chi connectivity index (χ1) is 14.8. The smallest absolute Gasteiger partial charge is 0.230 e. The predicted octanol–water partition coefficient (Wildman–Crippen LogP) is 4.44. The summed E-state index contributed by atoms with van der Waals surface area (Å²) in [6, 6.07) is 16.3. The summed E-state index contributed by atoms with van der Waals surface area (Å²) in [6.07, 6.45) is 6.05. The Kier molecular flexibility index (Phi) is 5.07. The highest BCUT2D eigenvalue weighted by Gasteiger charge is 2.18. The number of fused-ring (bicyclic) bond motifs is 1. The molecule has 1 aliphatic heterocycles. The van der Waals surface area contributed by atoms with Crippen molar-refractivity contribution < 1.29 is 9.15 Å². The number of hydrogen-bond acceptors (Lipinski definition) is 5. The molecule has 1 N–H and O–H groups in total. The van der Waals surface area contributed by atoms with E-state index >= 15 is 0 Å². The van der Waals surface area contributed by atoms with Crippen molar-refractivity contribution in [1.82, 2.24) is 20.1 Å². The SMILES string of the molecule is COc1ccc2[nH]cc(C3=CCN(Cc4nnc(Cc5ccccc5)o4)CC3)c2c1. The van der Waals surface area contributed by atoms with E-state index in [-0.39, 0.29) is 0 Å². The molecule has 6 heteroatoms. The van der Waals surface area contributed by atoms with Gasteiger partial charge in [-0.05, 0) is 35.8 Å². The third-order valence-electron chi connectivity index (χ3n) is 5.59. The Morgan fingerprint density at radius 2 is 1.97 bits per heavy atom. The molecule has 4 aromatic rings. The van der Waals surface area contributed by atoms with Gasteiger partial charge in [0.25, 0.3) is 0 Å². The normalized spacial score (nSPS) is 14.8. The Morgan fingerprint density at radius 3 is 2.77 bits per heavy atom. The van der Waals surface area contributed by atoms with Crippen LogP contribution in [0.2, 0.25) is 0 Å². The summed E-state index contributed by atoms with van der Waals surface area (Å²) in [5.41, 5.74) is 4.92. The largest absolute Gasteiger partial charge is 0.497 e. The number of aromatic amines is 1. The zero-order valence-electron chi connectivity index (χ0n) is 17.0. The molecule has 3 heterocycles. The lowest BCUT2D eigenvalue weighted by Gasteiger charge is -2.24. The van der Waals surface area contributed by atoms with Gasteiger partial charge in [0.05, 0.1) is 20.1 Å². The highest BCUT2D eigenvalue weighted by Crippen LogP contribution is 2.31. The van der Waals surface area contributed by atoms with Crippen LogP contribution in [0.15, 0.2) is 65.2 Å². The summed E-state index contributed by atoms with van der Waals surface area (Å²) >= 11 is 0. The van der Waals surface area contributed by atoms with Crippen LogP contribution >= 0.6 is 0 Å². The molecule has 5 rings (SSSR count). The minimum Gasteiger partial charge on any atom is -0.497 e. The molecule has 2 aromatic heterocycles. The zero-order chi connectivity index (χ0) is 20.3. The highest BCUT2D eigenvalue weighted by atomic mass is 16.5. The number of H-pyrrole nitrogens is 1. The van der Waals surface area contributed by atoms with Gasteiger partial charge in [0.15, 0.2) is 0 Å². The van der Waals surface area contributed by atoms with Crippen molar-refractivity contribution in [3.63, 3.8) is 0 Å². The molecule has 0 bridgehead atoms. The maximum atomic E-state index is 5.87. The first-order valence-electron chi connectivity index (χ1n) is 10.2. The fourth-order valence-electron chi connectivity index (χ4n) is 3.98. The van der Waals surface area contributed by atoms with Crippen molar-refractivity contribution in [2.24, 2.45) is 0 Å². The van der Waals surface area contributed by atoms with Gasteiger partial charge in [0, 0.05) is 35.8 Å². The molecular weight excluding hydrogens is 376 g/mol. The Balaban J connectivity index is 1.25. The Bertz CT molecular complexity index is 1180. The van der Waals surface area contributed by atoms with E-state index in [1.807, 2.05) is 24.3 Å². The van der Waals surface area contributed by atoms with E-state index in [0.717, 1.165) is 30.8 Å². The maximum Gasteiger partial charge on any atom is 0.230 e. The van der Waals surface area contributed by atoms with Gasteiger partial charge in [-0.15, -0.1) is 10.2 Å². The Morgan fingerprint density at radius 1 is 1.10 bits per heavy atom. The molecule has 0 unspecified atom stereocenters. The van der Waals surface area contributed by atoms with E-state index in [0.29, 0.717) is 24.7 Å². The fraction of sp³-hybridized carbons (Fsp3) is 0.250. The minimum absolute atomic E-state index is 0.664. The molecule has 152 valence electrons. The van der Waals surface area contributed by atoms with E-state index in [4.69, 9.17) is 9.15 Å². The quantitative estimate of drug-likeness (QED) is 0.518. The summed E-state index contributed by atoms with van der Waals surface area (Å²) in [5, 5.41) is 9.65.